The minimum absolute atomic E-state index is 0.514. The molecule has 0 atom stereocenters. The Morgan fingerprint density at radius 2 is 1.09 bits per heavy atom. The van der Waals surface area contributed by atoms with E-state index in [0.717, 1.165) is 6.54 Å². The molecule has 0 spiro atoms. The van der Waals surface area contributed by atoms with E-state index in [9.17, 15) is 8.42 Å². The molecular formula is C19H15BiO2S. The van der Waals surface area contributed by atoms with Crippen molar-refractivity contribution in [2.24, 2.45) is 0 Å². The molecule has 0 unspecified atom stereocenters. The van der Waals surface area contributed by atoms with E-state index in [1.165, 1.54) is 8.83 Å². The number of benzene rings is 3. The Balaban J connectivity index is 2.11. The van der Waals surface area contributed by atoms with Crippen molar-refractivity contribution in [1.29, 1.82) is 0 Å². The number of aryl methyl sites for hydroxylation is 1. The van der Waals surface area contributed by atoms with Gasteiger partial charge >= 0.3 is 145 Å². The summed E-state index contributed by atoms with van der Waals surface area (Å²) in [5, 5.41) is 0. The Morgan fingerprint density at radius 1 is 0.652 bits per heavy atom. The minimum atomic E-state index is -3.40. The molecule has 0 saturated heterocycles. The fraction of sp³-hybridized carbons (Fsp3) is 0.0526. The predicted molar refractivity (Wildman–Crippen MR) is 94.2 cm³/mol. The topological polar surface area (TPSA) is 34.1 Å². The van der Waals surface area contributed by atoms with E-state index >= 15 is 0 Å². The van der Waals surface area contributed by atoms with Gasteiger partial charge in [-0.1, -0.05) is 0 Å². The van der Waals surface area contributed by atoms with E-state index < -0.39 is 31.6 Å². The molecule has 1 heterocycles. The molecule has 0 radical (unpaired) electrons. The van der Waals surface area contributed by atoms with Crippen LogP contribution >= 0.6 is 0 Å². The predicted octanol–water partition coefficient (Wildman–Crippen LogP) is 1.66. The average Bonchev–Trinajstić information content (AvgIpc) is 2.57. The van der Waals surface area contributed by atoms with Gasteiger partial charge in [-0.2, -0.15) is 0 Å². The van der Waals surface area contributed by atoms with Crippen LogP contribution in [0.15, 0.2) is 82.6 Å². The van der Waals surface area contributed by atoms with Crippen LogP contribution in [0.3, 0.4) is 0 Å². The van der Waals surface area contributed by atoms with Gasteiger partial charge in [-0.15, -0.1) is 0 Å². The van der Waals surface area contributed by atoms with E-state index in [-0.39, 0.29) is 0 Å². The first kappa shape index (κ1) is 15.0. The summed E-state index contributed by atoms with van der Waals surface area (Å²) in [5.74, 6) is 0. The van der Waals surface area contributed by atoms with E-state index in [1.54, 1.807) is 12.1 Å². The fourth-order valence-corrected chi connectivity index (χ4v) is 18.6. The van der Waals surface area contributed by atoms with Crippen molar-refractivity contribution in [3.63, 3.8) is 0 Å². The fourth-order valence-electron chi connectivity index (χ4n) is 3.06. The summed E-state index contributed by atoms with van der Waals surface area (Å²) < 4.78 is 29.5. The van der Waals surface area contributed by atoms with Crippen molar-refractivity contribution in [3.8, 4) is 0 Å². The van der Waals surface area contributed by atoms with Gasteiger partial charge in [-0.05, 0) is 0 Å². The van der Waals surface area contributed by atoms with Crippen LogP contribution < -0.4 is 9.81 Å². The van der Waals surface area contributed by atoms with Crippen LogP contribution in [0.4, 0.5) is 0 Å². The first-order chi connectivity index (χ1) is 11.1. The Bertz CT molecular complexity index is 956. The van der Waals surface area contributed by atoms with Gasteiger partial charge in [0, 0.05) is 0 Å². The SMILES string of the molecule is Cc1cccc[c]1[Bi]1[c]2ccccc2S(=O)(=O)c2cccc[c]21. The summed E-state index contributed by atoms with van der Waals surface area (Å²) in [7, 11) is -3.40. The van der Waals surface area contributed by atoms with Crippen LogP contribution in [0.2, 0.25) is 0 Å². The first-order valence-corrected chi connectivity index (χ1v) is 14.1. The van der Waals surface area contributed by atoms with Gasteiger partial charge in [0.05, 0.1) is 0 Å². The zero-order valence-electron chi connectivity index (χ0n) is 12.6. The molecule has 3 aromatic carbocycles. The molecule has 3 aromatic rings. The summed E-state index contributed by atoms with van der Waals surface area (Å²) in [6.45, 7) is 2.12. The molecule has 0 saturated carbocycles. The van der Waals surface area contributed by atoms with Gasteiger partial charge in [-0.3, -0.25) is 0 Å². The monoisotopic (exact) mass is 516 g/mol. The maximum absolute atomic E-state index is 13.0. The molecule has 0 aromatic heterocycles. The molecule has 0 fully saturated rings. The zero-order chi connectivity index (χ0) is 16.0. The molecule has 0 amide bonds. The molecule has 1 aliphatic rings. The van der Waals surface area contributed by atoms with Crippen molar-refractivity contribution in [2.45, 2.75) is 16.7 Å². The maximum atomic E-state index is 13.0. The Kier molecular flexibility index (Phi) is 3.62. The van der Waals surface area contributed by atoms with Crippen molar-refractivity contribution in [2.75, 3.05) is 0 Å². The van der Waals surface area contributed by atoms with Crippen molar-refractivity contribution in [3.05, 3.63) is 78.4 Å². The average molecular weight is 516 g/mol. The van der Waals surface area contributed by atoms with Crippen LogP contribution in [0.5, 0.6) is 0 Å². The van der Waals surface area contributed by atoms with Crippen LogP contribution in [0.1, 0.15) is 5.56 Å². The summed E-state index contributed by atoms with van der Waals surface area (Å²) in [4.78, 5) is 1.03. The van der Waals surface area contributed by atoms with Gasteiger partial charge in [0.15, 0.2) is 0 Å². The standard InChI is InChI=1S/C12H8O2S.C7H7.Bi/c13-15(14,11-7-3-1-4-8-11)12-9-5-2-6-10-12;1-7-5-3-2-4-6-7;/h1-7,9H;2-5H,1H3;. The van der Waals surface area contributed by atoms with Crippen molar-refractivity contribution in [1.82, 2.24) is 0 Å². The summed E-state index contributed by atoms with van der Waals surface area (Å²) >= 11 is -2.59. The van der Waals surface area contributed by atoms with Crippen LogP contribution in [0, 0.1) is 6.92 Å². The normalized spacial score (nSPS) is 15.7. The van der Waals surface area contributed by atoms with Crippen LogP contribution in [0.25, 0.3) is 0 Å². The second-order valence-electron chi connectivity index (χ2n) is 5.56. The van der Waals surface area contributed by atoms with Crippen molar-refractivity contribution >= 4 is 41.4 Å². The molecule has 23 heavy (non-hydrogen) atoms. The number of fused-ring (bicyclic) bond motifs is 2. The first-order valence-electron chi connectivity index (χ1n) is 7.39. The Hall–Kier alpha value is -1.51. The molecule has 2 nitrogen and oxygen atoms in total. The number of rotatable bonds is 1. The number of hydrogen-bond donors (Lipinski definition) is 0. The van der Waals surface area contributed by atoms with Gasteiger partial charge in [-0.25, -0.2) is 0 Å². The Labute approximate surface area is 144 Å². The molecule has 0 aliphatic carbocycles. The quantitative estimate of drug-likeness (QED) is 0.361. The summed E-state index contributed by atoms with van der Waals surface area (Å²) in [6.07, 6.45) is 0. The molecule has 114 valence electrons. The second kappa shape index (κ2) is 5.54. The van der Waals surface area contributed by atoms with Gasteiger partial charge < -0.3 is 0 Å². The molecule has 0 bridgehead atoms. The zero-order valence-corrected chi connectivity index (χ0v) is 16.9. The van der Waals surface area contributed by atoms with Gasteiger partial charge in [0.1, 0.15) is 0 Å². The number of sulfone groups is 1. The Morgan fingerprint density at radius 3 is 1.61 bits per heavy atom. The second-order valence-corrected chi connectivity index (χ2v) is 15.7. The molecule has 4 rings (SSSR count). The van der Waals surface area contributed by atoms with Gasteiger partial charge in [0.25, 0.3) is 0 Å². The molecular weight excluding hydrogens is 501 g/mol. The van der Waals surface area contributed by atoms with Gasteiger partial charge in [0.2, 0.25) is 0 Å². The van der Waals surface area contributed by atoms with E-state index in [4.69, 9.17) is 0 Å². The molecule has 4 heteroatoms. The molecule has 1 aliphatic heterocycles. The van der Waals surface area contributed by atoms with Crippen LogP contribution in [-0.2, 0) is 9.84 Å². The summed E-state index contributed by atoms with van der Waals surface area (Å²) in [6, 6.07) is 23.5. The van der Waals surface area contributed by atoms with E-state index in [2.05, 4.69) is 25.1 Å². The van der Waals surface area contributed by atoms with E-state index in [1.807, 2.05) is 42.5 Å². The summed E-state index contributed by atoms with van der Waals surface area (Å²) in [5.41, 5.74) is 1.26. The molecule has 0 N–H and O–H groups in total. The van der Waals surface area contributed by atoms with E-state index in [0.29, 0.717) is 9.79 Å². The van der Waals surface area contributed by atoms with Crippen molar-refractivity contribution < 1.29 is 8.42 Å². The van der Waals surface area contributed by atoms with Crippen LogP contribution in [-0.4, -0.2) is 30.2 Å². The third-order valence-electron chi connectivity index (χ3n) is 4.15. The third kappa shape index (κ3) is 2.28. The number of hydrogen-bond acceptors (Lipinski definition) is 2. The third-order valence-corrected chi connectivity index (χ3v) is 17.9.